The molecule has 202 valence electrons. The van der Waals surface area contributed by atoms with Gasteiger partial charge in [-0.2, -0.15) is 0 Å². The lowest BCUT2D eigenvalue weighted by atomic mass is 9.77. The van der Waals surface area contributed by atoms with Crippen LogP contribution in [0.4, 0.5) is 5.69 Å². The summed E-state index contributed by atoms with van der Waals surface area (Å²) in [5.74, 6) is 0.250. The van der Waals surface area contributed by atoms with Gasteiger partial charge in [-0.05, 0) is 71.9 Å². The lowest BCUT2D eigenvalue weighted by molar-refractivity contribution is -0.534. The predicted octanol–water partition coefficient (Wildman–Crippen LogP) is 5.79. The number of nitrogens with one attached hydrogen (secondary N) is 1. The molecular formula is C30H30BrN3O5. The number of carbonyl (C=O) groups is 1. The highest BCUT2D eigenvalue weighted by atomic mass is 79.9. The zero-order chi connectivity index (χ0) is 27.3. The molecule has 39 heavy (non-hydrogen) atoms. The first-order chi connectivity index (χ1) is 18.9. The Bertz CT molecular complexity index is 1450. The van der Waals surface area contributed by atoms with Gasteiger partial charge in [0.25, 0.3) is 11.9 Å². The minimum Gasteiger partial charge on any atom is -0.490 e. The molecule has 0 aliphatic carbocycles. The van der Waals surface area contributed by atoms with Crippen LogP contribution in [0, 0.1) is 17.0 Å². The summed E-state index contributed by atoms with van der Waals surface area (Å²) in [6.07, 6.45) is 1.65. The number of halogens is 1. The predicted molar refractivity (Wildman–Crippen MR) is 151 cm³/mol. The molecule has 0 saturated carbocycles. The Kier molecular flexibility index (Phi) is 6.59. The molecule has 6 rings (SSSR count). The Morgan fingerprint density at radius 3 is 2.67 bits per heavy atom. The number of carbonyl (C=O) groups excluding carboxylic acids is 1. The number of amides is 1. The Morgan fingerprint density at radius 2 is 1.92 bits per heavy atom. The molecule has 1 N–H and O–H groups in total. The zero-order valence-corrected chi connectivity index (χ0v) is 23.4. The van der Waals surface area contributed by atoms with Crippen molar-refractivity contribution in [1.82, 2.24) is 4.90 Å². The molecule has 0 aromatic heterocycles. The third-order valence-corrected chi connectivity index (χ3v) is 8.90. The van der Waals surface area contributed by atoms with Crippen molar-refractivity contribution in [3.05, 3.63) is 97.5 Å². The topological polar surface area (TPSA) is 93.9 Å². The second-order valence-electron chi connectivity index (χ2n) is 10.5. The van der Waals surface area contributed by atoms with Gasteiger partial charge in [-0.25, -0.2) is 0 Å². The van der Waals surface area contributed by atoms with Gasteiger partial charge in [-0.1, -0.05) is 48.0 Å². The molecular weight excluding hydrogens is 562 g/mol. The van der Waals surface area contributed by atoms with Gasteiger partial charge in [0.1, 0.15) is 6.61 Å². The second kappa shape index (κ2) is 9.95. The highest BCUT2D eigenvalue weighted by Gasteiger charge is 2.73. The third kappa shape index (κ3) is 4.02. The van der Waals surface area contributed by atoms with Gasteiger partial charge in [0.15, 0.2) is 17.0 Å². The Morgan fingerprint density at radius 1 is 1.15 bits per heavy atom. The number of hydrogen-bond donors (Lipinski definition) is 1. The smallest absolute Gasteiger partial charge is 0.256 e. The summed E-state index contributed by atoms with van der Waals surface area (Å²) < 4.78 is 12.9. The molecule has 0 unspecified atom stereocenters. The van der Waals surface area contributed by atoms with E-state index in [9.17, 15) is 14.9 Å². The summed E-state index contributed by atoms with van der Waals surface area (Å²) in [5, 5.41) is 15.9. The number of benzene rings is 3. The van der Waals surface area contributed by atoms with Crippen molar-refractivity contribution in [1.29, 1.82) is 0 Å². The van der Waals surface area contributed by atoms with Crippen LogP contribution >= 0.6 is 15.9 Å². The number of ether oxygens (including phenoxy) is 2. The summed E-state index contributed by atoms with van der Waals surface area (Å²) in [6.45, 7) is 5.33. The fourth-order valence-electron chi connectivity index (χ4n) is 6.80. The minimum absolute atomic E-state index is 0.155. The van der Waals surface area contributed by atoms with E-state index in [0.29, 0.717) is 47.0 Å². The van der Waals surface area contributed by atoms with E-state index in [2.05, 4.69) is 26.1 Å². The number of rotatable bonds is 7. The number of nitro groups is 1. The van der Waals surface area contributed by atoms with Gasteiger partial charge in [-0.15, -0.1) is 0 Å². The average molecular weight is 592 g/mol. The summed E-state index contributed by atoms with van der Waals surface area (Å²) in [7, 11) is 0. The number of hydrogen-bond acceptors (Lipinski definition) is 6. The fraction of sp³-hybridized carbons (Fsp3) is 0.367. The normalized spacial score (nSPS) is 25.4. The molecule has 3 aliphatic rings. The summed E-state index contributed by atoms with van der Waals surface area (Å²) in [6, 6.07) is 18.0. The fourth-order valence-corrected chi connectivity index (χ4v) is 7.37. The van der Waals surface area contributed by atoms with Crippen LogP contribution in [0.25, 0.3) is 0 Å². The van der Waals surface area contributed by atoms with Crippen LogP contribution in [0.1, 0.15) is 47.9 Å². The van der Waals surface area contributed by atoms with E-state index in [0.717, 1.165) is 24.0 Å². The summed E-state index contributed by atoms with van der Waals surface area (Å²) in [5.41, 5.74) is 2.95. The van der Waals surface area contributed by atoms with Crippen molar-refractivity contribution >= 4 is 27.5 Å². The largest absolute Gasteiger partial charge is 0.490 e. The summed E-state index contributed by atoms with van der Waals surface area (Å²) >= 11 is 3.67. The quantitative estimate of drug-likeness (QED) is 0.276. The van der Waals surface area contributed by atoms with Crippen LogP contribution in [0.2, 0.25) is 0 Å². The van der Waals surface area contributed by atoms with Crippen molar-refractivity contribution in [3.8, 4) is 11.5 Å². The Balaban J connectivity index is 1.43. The molecule has 1 amide bonds. The maximum absolute atomic E-state index is 13.7. The molecule has 1 spiro atoms. The highest BCUT2D eigenvalue weighted by Crippen LogP contribution is 2.58. The van der Waals surface area contributed by atoms with E-state index in [4.69, 9.17) is 9.47 Å². The maximum atomic E-state index is 13.7. The molecule has 0 radical (unpaired) electrons. The van der Waals surface area contributed by atoms with Crippen LogP contribution in [0.15, 0.2) is 65.1 Å². The van der Waals surface area contributed by atoms with Crippen molar-refractivity contribution < 1.29 is 19.2 Å². The lowest BCUT2D eigenvalue weighted by Crippen LogP contribution is -2.55. The lowest BCUT2D eigenvalue weighted by Gasteiger charge is -2.32. The van der Waals surface area contributed by atoms with Crippen LogP contribution in [-0.2, 0) is 16.9 Å². The molecule has 3 heterocycles. The first kappa shape index (κ1) is 25.8. The number of para-hydroxylation sites is 1. The highest BCUT2D eigenvalue weighted by molar-refractivity contribution is 9.10. The first-order valence-electron chi connectivity index (χ1n) is 13.3. The van der Waals surface area contributed by atoms with E-state index >= 15 is 0 Å². The SMILES string of the molecule is CCOc1cc([C@@H]2[C@@H]3CCCN3[C@@]3(C(=O)Nc4ccccc43)[C@@H]2[N+](=O)[O-])cc(Br)c1OCc1ccc(C)cc1. The molecule has 2 fully saturated rings. The van der Waals surface area contributed by atoms with Crippen molar-refractivity contribution in [2.24, 2.45) is 0 Å². The van der Waals surface area contributed by atoms with Gasteiger partial charge in [0, 0.05) is 28.8 Å². The molecule has 3 aliphatic heterocycles. The molecule has 9 heteroatoms. The summed E-state index contributed by atoms with van der Waals surface area (Å²) in [4.78, 5) is 28.5. The van der Waals surface area contributed by atoms with E-state index in [1.165, 1.54) is 5.56 Å². The van der Waals surface area contributed by atoms with E-state index in [-0.39, 0.29) is 16.9 Å². The van der Waals surface area contributed by atoms with Crippen LogP contribution < -0.4 is 14.8 Å². The van der Waals surface area contributed by atoms with E-state index in [1.807, 2.05) is 74.5 Å². The molecule has 3 aromatic rings. The van der Waals surface area contributed by atoms with Gasteiger partial charge < -0.3 is 14.8 Å². The van der Waals surface area contributed by atoms with Crippen LogP contribution in [-0.4, -0.2) is 41.0 Å². The Labute approximate surface area is 235 Å². The number of anilines is 1. The standard InChI is InChI=1S/C30H30BrN3O5/c1-3-38-25-16-20(15-22(31)27(25)39-17-19-12-10-18(2)11-13-19)26-24-9-6-14-33(24)30(28(26)34(36)37)21-7-4-5-8-23(21)32-29(30)35/h4-5,7-8,10-13,15-16,24,26,28H,3,6,9,14,17H2,1-2H3,(H,32,35)/t24-,26+,28+,30+/m0/s1. The maximum Gasteiger partial charge on any atom is 0.256 e. The van der Waals surface area contributed by atoms with Crippen LogP contribution in [0.5, 0.6) is 11.5 Å². The van der Waals surface area contributed by atoms with E-state index < -0.39 is 17.5 Å². The van der Waals surface area contributed by atoms with Gasteiger partial charge >= 0.3 is 0 Å². The second-order valence-corrected chi connectivity index (χ2v) is 11.3. The first-order valence-corrected chi connectivity index (χ1v) is 14.1. The molecule has 3 aromatic carbocycles. The van der Waals surface area contributed by atoms with Crippen LogP contribution in [0.3, 0.4) is 0 Å². The van der Waals surface area contributed by atoms with Crippen molar-refractivity contribution in [3.63, 3.8) is 0 Å². The van der Waals surface area contributed by atoms with Gasteiger partial charge in [0.2, 0.25) is 0 Å². The number of fused-ring (bicyclic) bond motifs is 4. The number of aryl methyl sites for hydroxylation is 1. The van der Waals surface area contributed by atoms with Crippen molar-refractivity contribution in [2.45, 2.75) is 56.8 Å². The molecule has 8 nitrogen and oxygen atoms in total. The minimum atomic E-state index is -1.36. The van der Waals surface area contributed by atoms with Gasteiger partial charge in [0.05, 0.1) is 17.0 Å². The monoisotopic (exact) mass is 591 g/mol. The number of nitrogens with zero attached hydrogens (tertiary/aromatic N) is 2. The average Bonchev–Trinajstić information content (AvgIpc) is 3.57. The van der Waals surface area contributed by atoms with Gasteiger partial charge in [-0.3, -0.25) is 19.8 Å². The molecule has 0 bridgehead atoms. The Hall–Kier alpha value is -3.43. The van der Waals surface area contributed by atoms with Crippen molar-refractivity contribution in [2.75, 3.05) is 18.5 Å². The third-order valence-electron chi connectivity index (χ3n) is 8.31. The molecule has 2 saturated heterocycles. The zero-order valence-electron chi connectivity index (χ0n) is 21.9. The molecule has 4 atom stereocenters. The van der Waals surface area contributed by atoms with E-state index in [1.54, 1.807) is 0 Å².